The Hall–Kier alpha value is -3.62. The molecule has 0 spiro atoms. The van der Waals surface area contributed by atoms with Crippen molar-refractivity contribution in [1.29, 1.82) is 0 Å². The number of hydrogen-bond acceptors (Lipinski definition) is 8. The number of rotatable bonds is 7. The Labute approximate surface area is 154 Å². The van der Waals surface area contributed by atoms with Crippen molar-refractivity contribution in [2.75, 3.05) is 28.4 Å². The quantitative estimate of drug-likeness (QED) is 0.552. The summed E-state index contributed by atoms with van der Waals surface area (Å²) in [5.74, 6) is -2.36. The first-order valence-corrected chi connectivity index (χ1v) is 7.52. The smallest absolute Gasteiger partial charge is 0.344 e. The summed E-state index contributed by atoms with van der Waals surface area (Å²) in [5, 5.41) is 19.1. The van der Waals surface area contributed by atoms with E-state index in [0.717, 1.165) is 0 Å². The molecule has 9 heteroatoms. The van der Waals surface area contributed by atoms with E-state index in [4.69, 9.17) is 28.8 Å². The highest BCUT2D eigenvalue weighted by Crippen LogP contribution is 2.41. The van der Waals surface area contributed by atoms with Crippen LogP contribution in [0.25, 0.3) is 0 Å². The van der Waals surface area contributed by atoms with Gasteiger partial charge < -0.3 is 33.9 Å². The molecule has 9 nitrogen and oxygen atoms in total. The minimum atomic E-state index is -1.20. The van der Waals surface area contributed by atoms with Crippen molar-refractivity contribution >= 4 is 11.9 Å². The van der Waals surface area contributed by atoms with Gasteiger partial charge in [0.05, 0.1) is 39.6 Å². The predicted molar refractivity (Wildman–Crippen MR) is 92.7 cm³/mol. The van der Waals surface area contributed by atoms with Crippen LogP contribution in [0.15, 0.2) is 24.3 Å². The van der Waals surface area contributed by atoms with Crippen LogP contribution in [-0.4, -0.2) is 50.6 Å². The molecule has 0 amide bonds. The molecular formula is C18H18O9. The number of carboxylic acids is 1. The third-order valence-electron chi connectivity index (χ3n) is 3.62. The Kier molecular flexibility index (Phi) is 5.96. The predicted octanol–water partition coefficient (Wildman–Crippen LogP) is 2.34. The molecule has 27 heavy (non-hydrogen) atoms. The van der Waals surface area contributed by atoms with Crippen molar-refractivity contribution in [3.8, 4) is 34.5 Å². The number of phenolic OH excluding ortho intramolecular Hbond substituents is 1. The van der Waals surface area contributed by atoms with Crippen LogP contribution in [-0.2, 0) is 0 Å². The molecule has 0 aromatic heterocycles. The highest BCUT2D eigenvalue weighted by Gasteiger charge is 2.23. The summed E-state index contributed by atoms with van der Waals surface area (Å²) in [6.07, 6.45) is 0. The molecule has 0 aliphatic rings. The maximum Gasteiger partial charge on any atom is 0.344 e. The molecule has 0 heterocycles. The molecule has 0 aliphatic carbocycles. The first kappa shape index (κ1) is 19.7. The molecule has 0 fully saturated rings. The average molecular weight is 378 g/mol. The minimum absolute atomic E-state index is 0.00203. The van der Waals surface area contributed by atoms with Crippen molar-refractivity contribution in [3.05, 3.63) is 35.4 Å². The van der Waals surface area contributed by atoms with E-state index in [0.29, 0.717) is 0 Å². The summed E-state index contributed by atoms with van der Waals surface area (Å²) in [6.45, 7) is 0. The summed E-state index contributed by atoms with van der Waals surface area (Å²) in [4.78, 5) is 23.8. The zero-order valence-electron chi connectivity index (χ0n) is 15.1. The van der Waals surface area contributed by atoms with Gasteiger partial charge in [0.25, 0.3) is 0 Å². The van der Waals surface area contributed by atoms with Gasteiger partial charge >= 0.3 is 11.9 Å². The molecule has 0 saturated heterocycles. The molecule has 0 bridgehead atoms. The van der Waals surface area contributed by atoms with Crippen LogP contribution in [0.4, 0.5) is 0 Å². The maximum absolute atomic E-state index is 12.6. The van der Waals surface area contributed by atoms with E-state index >= 15 is 0 Å². The molecule has 2 rings (SSSR count). The lowest BCUT2D eigenvalue weighted by Crippen LogP contribution is -2.11. The van der Waals surface area contributed by atoms with E-state index in [1.165, 1.54) is 52.7 Å². The van der Waals surface area contributed by atoms with Gasteiger partial charge in [-0.05, 0) is 24.3 Å². The van der Waals surface area contributed by atoms with Gasteiger partial charge in [-0.25, -0.2) is 9.59 Å². The van der Waals surface area contributed by atoms with E-state index < -0.39 is 11.9 Å². The zero-order valence-corrected chi connectivity index (χ0v) is 15.1. The Morgan fingerprint density at radius 3 is 1.52 bits per heavy atom. The largest absolute Gasteiger partial charge is 0.502 e. The van der Waals surface area contributed by atoms with Gasteiger partial charge in [-0.1, -0.05) is 0 Å². The van der Waals surface area contributed by atoms with Crippen LogP contribution in [0.2, 0.25) is 0 Å². The SMILES string of the molecule is COc1cc(C(=O)Oc2c(OC)cc(C(=O)O)cc2OC)cc(OC)c1O. The Morgan fingerprint density at radius 1 is 0.741 bits per heavy atom. The summed E-state index contributed by atoms with van der Waals surface area (Å²) >= 11 is 0. The van der Waals surface area contributed by atoms with Gasteiger partial charge in [0.2, 0.25) is 11.5 Å². The second-order valence-corrected chi connectivity index (χ2v) is 5.13. The highest BCUT2D eigenvalue weighted by atomic mass is 16.6. The van der Waals surface area contributed by atoms with Crippen LogP contribution in [0.1, 0.15) is 20.7 Å². The lowest BCUT2D eigenvalue weighted by molar-refractivity contribution is 0.0696. The molecule has 0 aliphatic heterocycles. The number of carbonyl (C=O) groups excluding carboxylic acids is 1. The zero-order chi connectivity index (χ0) is 20.1. The summed E-state index contributed by atoms with van der Waals surface area (Å²) in [6, 6.07) is 4.94. The molecular weight excluding hydrogens is 360 g/mol. The Morgan fingerprint density at radius 2 is 1.15 bits per heavy atom. The van der Waals surface area contributed by atoms with E-state index in [-0.39, 0.29) is 45.6 Å². The minimum Gasteiger partial charge on any atom is -0.502 e. The molecule has 0 unspecified atom stereocenters. The molecule has 0 atom stereocenters. The van der Waals surface area contributed by atoms with Crippen LogP contribution in [0, 0.1) is 0 Å². The van der Waals surface area contributed by atoms with Crippen molar-refractivity contribution in [2.24, 2.45) is 0 Å². The van der Waals surface area contributed by atoms with Gasteiger partial charge in [-0.15, -0.1) is 0 Å². The molecule has 2 N–H and O–H groups in total. The fraction of sp³-hybridized carbons (Fsp3) is 0.222. The molecule has 0 radical (unpaired) electrons. The van der Waals surface area contributed by atoms with Gasteiger partial charge in [-0.2, -0.15) is 0 Å². The van der Waals surface area contributed by atoms with Gasteiger partial charge in [-0.3, -0.25) is 0 Å². The summed E-state index contributed by atoms with van der Waals surface area (Å²) in [7, 11) is 5.23. The van der Waals surface area contributed by atoms with Crippen molar-refractivity contribution < 1.29 is 43.5 Å². The number of aromatic carboxylic acids is 1. The number of methoxy groups -OCH3 is 4. The van der Waals surface area contributed by atoms with Gasteiger partial charge in [0.1, 0.15) is 0 Å². The number of carbonyl (C=O) groups is 2. The van der Waals surface area contributed by atoms with E-state index in [9.17, 15) is 14.7 Å². The van der Waals surface area contributed by atoms with Crippen LogP contribution >= 0.6 is 0 Å². The monoisotopic (exact) mass is 378 g/mol. The third kappa shape index (κ3) is 3.97. The number of phenols is 1. The number of hydrogen-bond donors (Lipinski definition) is 2. The van der Waals surface area contributed by atoms with Crippen molar-refractivity contribution in [3.63, 3.8) is 0 Å². The highest BCUT2D eigenvalue weighted by molar-refractivity contribution is 5.94. The van der Waals surface area contributed by atoms with Crippen molar-refractivity contribution in [2.45, 2.75) is 0 Å². The number of ether oxygens (including phenoxy) is 5. The Bertz CT molecular complexity index is 823. The van der Waals surface area contributed by atoms with E-state index in [1.54, 1.807) is 0 Å². The standard InChI is InChI=1S/C18H18O9/c1-23-11-7-10(8-12(24-2)15(11)19)18(22)27-16-13(25-3)5-9(17(20)21)6-14(16)26-4/h5-8,19H,1-4H3,(H,20,21). The maximum atomic E-state index is 12.6. The fourth-order valence-electron chi connectivity index (χ4n) is 2.27. The van der Waals surface area contributed by atoms with Gasteiger partial charge in [0.15, 0.2) is 23.0 Å². The topological polar surface area (TPSA) is 121 Å². The number of benzene rings is 2. The van der Waals surface area contributed by atoms with Crippen LogP contribution < -0.4 is 23.7 Å². The van der Waals surface area contributed by atoms with Gasteiger partial charge in [0, 0.05) is 0 Å². The van der Waals surface area contributed by atoms with E-state index in [2.05, 4.69) is 0 Å². The second-order valence-electron chi connectivity index (χ2n) is 5.13. The second kappa shape index (κ2) is 8.17. The summed E-state index contributed by atoms with van der Waals surface area (Å²) < 4.78 is 25.6. The van der Waals surface area contributed by atoms with Crippen molar-refractivity contribution in [1.82, 2.24) is 0 Å². The average Bonchev–Trinajstić information content (AvgIpc) is 2.67. The number of esters is 1. The molecule has 0 saturated carbocycles. The lowest BCUT2D eigenvalue weighted by atomic mass is 10.1. The van der Waals surface area contributed by atoms with Crippen LogP contribution in [0.5, 0.6) is 34.5 Å². The van der Waals surface area contributed by atoms with E-state index in [1.807, 2.05) is 0 Å². The number of carboxylic acid groups (broad SMARTS) is 1. The first-order chi connectivity index (χ1) is 12.9. The lowest BCUT2D eigenvalue weighted by Gasteiger charge is -2.15. The summed E-state index contributed by atoms with van der Waals surface area (Å²) in [5.41, 5.74) is -0.0793. The third-order valence-corrected chi connectivity index (χ3v) is 3.62. The normalized spacial score (nSPS) is 10.1. The molecule has 2 aromatic rings. The van der Waals surface area contributed by atoms with Crippen LogP contribution in [0.3, 0.4) is 0 Å². The first-order valence-electron chi connectivity index (χ1n) is 7.52. The number of aromatic hydroxyl groups is 1. The Balaban J connectivity index is 2.48. The fourth-order valence-corrected chi connectivity index (χ4v) is 2.27. The molecule has 2 aromatic carbocycles. The molecule has 144 valence electrons.